The molecule has 1 aliphatic carbocycles. The maximum Gasteiger partial charge on any atom is 0.254 e. The second-order valence-electron chi connectivity index (χ2n) is 7.40. The van der Waals surface area contributed by atoms with Gasteiger partial charge in [0.25, 0.3) is 5.91 Å². The normalized spacial score (nSPS) is 18.7. The molecule has 0 unspecified atom stereocenters. The Kier molecular flexibility index (Phi) is 4.68. The summed E-state index contributed by atoms with van der Waals surface area (Å²) in [5, 5.41) is 0. The van der Waals surface area contributed by atoms with Crippen LogP contribution in [0.4, 0.5) is 4.39 Å². The summed E-state index contributed by atoms with van der Waals surface area (Å²) in [5.74, 6) is -0.412. The smallest absolute Gasteiger partial charge is 0.254 e. The lowest BCUT2D eigenvalue weighted by atomic mass is 9.63. The molecule has 5 heteroatoms. The second-order valence-corrected chi connectivity index (χ2v) is 7.40. The molecule has 2 amide bonds. The lowest BCUT2D eigenvalue weighted by Gasteiger charge is -2.46. The van der Waals surface area contributed by atoms with Gasteiger partial charge >= 0.3 is 0 Å². The molecule has 0 aromatic heterocycles. The number of hydrogen-bond acceptors (Lipinski definition) is 2. The first-order valence-electron chi connectivity index (χ1n) is 9.50. The van der Waals surface area contributed by atoms with Crippen LogP contribution in [0.1, 0.15) is 35.2 Å². The summed E-state index contributed by atoms with van der Waals surface area (Å²) in [6, 6.07) is 15.8. The predicted octanol–water partition coefficient (Wildman–Crippen LogP) is 3.23. The van der Waals surface area contributed by atoms with E-state index in [1.165, 1.54) is 12.1 Å². The summed E-state index contributed by atoms with van der Waals surface area (Å²) in [4.78, 5) is 29.4. The largest absolute Gasteiger partial charge is 0.338 e. The maximum atomic E-state index is 13.4. The molecule has 1 aliphatic heterocycles. The number of hydrogen-bond donors (Lipinski definition) is 0. The van der Waals surface area contributed by atoms with Crippen LogP contribution in [0.3, 0.4) is 0 Å². The van der Waals surface area contributed by atoms with Crippen LogP contribution in [0.2, 0.25) is 0 Å². The Bertz CT molecular complexity index is 840. The van der Waals surface area contributed by atoms with E-state index in [4.69, 9.17) is 0 Å². The van der Waals surface area contributed by atoms with E-state index in [1.54, 1.807) is 17.0 Å². The Labute approximate surface area is 158 Å². The number of piperazine rings is 1. The SMILES string of the molecule is O=C(c1cccc(F)c1)N1CCN(C(=O)C2(c3ccccc3)CCC2)CC1. The van der Waals surface area contributed by atoms with Crippen molar-refractivity contribution in [3.63, 3.8) is 0 Å². The fraction of sp³-hybridized carbons (Fsp3) is 0.364. The van der Waals surface area contributed by atoms with E-state index in [-0.39, 0.29) is 11.8 Å². The van der Waals surface area contributed by atoms with Crippen LogP contribution in [0.15, 0.2) is 54.6 Å². The van der Waals surface area contributed by atoms with Gasteiger partial charge in [-0.1, -0.05) is 42.8 Å². The van der Waals surface area contributed by atoms with E-state index in [9.17, 15) is 14.0 Å². The molecule has 1 saturated heterocycles. The Hall–Kier alpha value is -2.69. The molecule has 4 nitrogen and oxygen atoms in total. The second kappa shape index (κ2) is 7.14. The molecule has 0 radical (unpaired) electrons. The first-order chi connectivity index (χ1) is 13.1. The quantitative estimate of drug-likeness (QED) is 0.837. The van der Waals surface area contributed by atoms with Crippen LogP contribution in [0.25, 0.3) is 0 Å². The van der Waals surface area contributed by atoms with Gasteiger partial charge in [-0.2, -0.15) is 0 Å². The topological polar surface area (TPSA) is 40.6 Å². The number of carbonyl (C=O) groups excluding carboxylic acids is 2. The molecule has 140 valence electrons. The summed E-state index contributed by atoms with van der Waals surface area (Å²) in [7, 11) is 0. The van der Waals surface area contributed by atoms with E-state index in [2.05, 4.69) is 0 Å². The highest BCUT2D eigenvalue weighted by Gasteiger charge is 2.48. The number of amides is 2. The molecule has 27 heavy (non-hydrogen) atoms. The number of nitrogens with zero attached hydrogens (tertiary/aromatic N) is 2. The molecule has 0 bridgehead atoms. The van der Waals surface area contributed by atoms with E-state index in [0.29, 0.717) is 31.7 Å². The van der Waals surface area contributed by atoms with Crippen molar-refractivity contribution in [1.29, 1.82) is 0 Å². The average molecular weight is 366 g/mol. The number of halogens is 1. The first kappa shape index (κ1) is 17.7. The first-order valence-corrected chi connectivity index (χ1v) is 9.50. The highest BCUT2D eigenvalue weighted by atomic mass is 19.1. The van der Waals surface area contributed by atoms with Gasteiger partial charge in [-0.25, -0.2) is 4.39 Å². The van der Waals surface area contributed by atoms with Crippen molar-refractivity contribution < 1.29 is 14.0 Å². The van der Waals surface area contributed by atoms with Crippen LogP contribution < -0.4 is 0 Å². The lowest BCUT2D eigenvalue weighted by Crippen LogP contribution is -2.57. The van der Waals surface area contributed by atoms with Gasteiger partial charge in [0.05, 0.1) is 5.41 Å². The third kappa shape index (κ3) is 3.22. The van der Waals surface area contributed by atoms with Crippen LogP contribution >= 0.6 is 0 Å². The summed E-state index contributed by atoms with van der Waals surface area (Å²) in [6.07, 6.45) is 2.84. The van der Waals surface area contributed by atoms with E-state index < -0.39 is 11.2 Å². The van der Waals surface area contributed by atoms with E-state index in [0.717, 1.165) is 24.8 Å². The third-order valence-corrected chi connectivity index (χ3v) is 5.87. The number of rotatable bonds is 3. The molecule has 0 spiro atoms. The van der Waals surface area contributed by atoms with Crippen molar-refractivity contribution in [2.24, 2.45) is 0 Å². The van der Waals surface area contributed by atoms with Crippen molar-refractivity contribution in [1.82, 2.24) is 9.80 Å². The number of carbonyl (C=O) groups is 2. The van der Waals surface area contributed by atoms with Crippen molar-refractivity contribution in [2.75, 3.05) is 26.2 Å². The predicted molar refractivity (Wildman–Crippen MR) is 101 cm³/mol. The van der Waals surface area contributed by atoms with Gasteiger partial charge in [0.15, 0.2) is 0 Å². The molecule has 1 saturated carbocycles. The molecule has 2 aromatic carbocycles. The molecule has 0 N–H and O–H groups in total. The van der Waals surface area contributed by atoms with Gasteiger partial charge in [0, 0.05) is 31.7 Å². The van der Waals surface area contributed by atoms with E-state index >= 15 is 0 Å². The Morgan fingerprint density at radius 1 is 0.852 bits per heavy atom. The lowest BCUT2D eigenvalue weighted by molar-refractivity contribution is -0.142. The molecule has 0 atom stereocenters. The summed E-state index contributed by atoms with van der Waals surface area (Å²) >= 11 is 0. The number of benzene rings is 2. The van der Waals surface area contributed by atoms with E-state index in [1.807, 2.05) is 35.2 Å². The fourth-order valence-electron chi connectivity index (χ4n) is 4.13. The van der Waals surface area contributed by atoms with Crippen molar-refractivity contribution in [2.45, 2.75) is 24.7 Å². The van der Waals surface area contributed by atoms with Crippen molar-refractivity contribution in [3.8, 4) is 0 Å². The van der Waals surface area contributed by atoms with Gasteiger partial charge in [-0.15, -0.1) is 0 Å². The zero-order valence-corrected chi connectivity index (χ0v) is 15.2. The monoisotopic (exact) mass is 366 g/mol. The third-order valence-electron chi connectivity index (χ3n) is 5.87. The average Bonchev–Trinajstić information content (AvgIpc) is 2.67. The molecule has 2 aliphatic rings. The molecule has 2 fully saturated rings. The van der Waals surface area contributed by atoms with Crippen LogP contribution in [-0.4, -0.2) is 47.8 Å². The molecule has 2 aromatic rings. The van der Waals surface area contributed by atoms with Gasteiger partial charge in [-0.3, -0.25) is 9.59 Å². The summed E-state index contributed by atoms with van der Waals surface area (Å²) < 4.78 is 13.4. The molecular weight excluding hydrogens is 343 g/mol. The van der Waals surface area contributed by atoms with Gasteiger partial charge < -0.3 is 9.80 Å². The highest BCUT2D eigenvalue weighted by molar-refractivity contribution is 5.94. The zero-order chi connectivity index (χ0) is 18.9. The maximum absolute atomic E-state index is 13.4. The van der Waals surface area contributed by atoms with Gasteiger partial charge in [0.2, 0.25) is 5.91 Å². The van der Waals surface area contributed by atoms with Crippen molar-refractivity contribution >= 4 is 11.8 Å². The standard InChI is InChI=1S/C22H23FN2O2/c23-19-9-4-6-17(16-19)20(26)24-12-14-25(15-13-24)21(27)22(10-5-11-22)18-7-2-1-3-8-18/h1-4,6-9,16H,5,10-15H2. The van der Waals surface area contributed by atoms with Crippen molar-refractivity contribution in [3.05, 3.63) is 71.5 Å². The highest BCUT2D eigenvalue weighted by Crippen LogP contribution is 2.45. The minimum absolute atomic E-state index is 0.178. The fourth-order valence-corrected chi connectivity index (χ4v) is 4.13. The summed E-state index contributed by atoms with van der Waals surface area (Å²) in [5.41, 5.74) is 1.06. The minimum Gasteiger partial charge on any atom is -0.338 e. The van der Waals surface area contributed by atoms with Crippen LogP contribution in [0, 0.1) is 5.82 Å². The molecular formula is C22H23FN2O2. The Balaban J connectivity index is 1.43. The minimum atomic E-state index is -0.413. The van der Waals surface area contributed by atoms with Gasteiger partial charge in [0.1, 0.15) is 5.82 Å². The Morgan fingerprint density at radius 3 is 2.11 bits per heavy atom. The Morgan fingerprint density at radius 2 is 1.52 bits per heavy atom. The summed E-state index contributed by atoms with van der Waals surface area (Å²) in [6.45, 7) is 2.00. The molecule has 4 rings (SSSR count). The molecule has 1 heterocycles. The van der Waals surface area contributed by atoms with Crippen LogP contribution in [-0.2, 0) is 10.2 Å². The zero-order valence-electron chi connectivity index (χ0n) is 15.2. The van der Waals surface area contributed by atoms with Crippen LogP contribution in [0.5, 0.6) is 0 Å². The van der Waals surface area contributed by atoms with Gasteiger partial charge in [-0.05, 0) is 36.6 Å².